The smallest absolute Gasteiger partial charge is 0.0715 e. The first-order chi connectivity index (χ1) is 11.1. The largest absolute Gasteiger partial charge is 0.389 e. The number of benzene rings is 1. The highest BCUT2D eigenvalue weighted by atomic mass is 16.5. The minimum Gasteiger partial charge on any atom is -0.389 e. The van der Waals surface area contributed by atoms with Gasteiger partial charge in [0.2, 0.25) is 0 Å². The maximum absolute atomic E-state index is 11.5. The molecule has 0 radical (unpaired) electrons. The summed E-state index contributed by atoms with van der Waals surface area (Å²) in [6.45, 7) is 0. The molecule has 6 atom stereocenters. The van der Waals surface area contributed by atoms with Gasteiger partial charge in [-0.25, -0.2) is 0 Å². The molecule has 5 heteroatoms. The molecule has 4 saturated carbocycles. The van der Waals surface area contributed by atoms with Crippen molar-refractivity contribution in [1.29, 1.82) is 0 Å². The molecule has 0 aliphatic heterocycles. The van der Waals surface area contributed by atoms with Crippen molar-refractivity contribution in [2.75, 3.05) is 7.11 Å². The third-order valence-corrected chi connectivity index (χ3v) is 6.42. The molecule has 0 saturated heterocycles. The van der Waals surface area contributed by atoms with Gasteiger partial charge >= 0.3 is 0 Å². The minimum atomic E-state index is -0.783. The summed E-state index contributed by atoms with van der Waals surface area (Å²) in [5.41, 5.74) is 9.13. The maximum atomic E-state index is 11.5. The molecule has 1 aromatic rings. The fourth-order valence-corrected chi connectivity index (χ4v) is 5.92. The Morgan fingerprint density at radius 2 is 2.09 bits per heavy atom. The molecule has 23 heavy (non-hydrogen) atoms. The molecule has 0 aromatic heterocycles. The summed E-state index contributed by atoms with van der Waals surface area (Å²) in [5, 5.41) is 15.6. The highest BCUT2D eigenvalue weighted by molar-refractivity contribution is 5.25. The molecule has 4 aliphatic rings. The van der Waals surface area contributed by atoms with Gasteiger partial charge in [0.25, 0.3) is 0 Å². The number of ether oxygens (including phenoxy) is 1. The van der Waals surface area contributed by atoms with Crippen molar-refractivity contribution < 1.29 is 9.84 Å². The Bertz CT molecular complexity index is 645. The van der Waals surface area contributed by atoms with Gasteiger partial charge in [-0.15, -0.1) is 0 Å². The Morgan fingerprint density at radius 3 is 2.74 bits per heavy atom. The Morgan fingerprint density at radius 1 is 1.30 bits per heavy atom. The molecule has 1 N–H and O–H groups in total. The number of rotatable bonds is 4. The van der Waals surface area contributed by atoms with E-state index in [9.17, 15) is 5.11 Å². The van der Waals surface area contributed by atoms with Gasteiger partial charge in [0.05, 0.1) is 17.2 Å². The van der Waals surface area contributed by atoms with E-state index in [1.807, 2.05) is 30.3 Å². The summed E-state index contributed by atoms with van der Waals surface area (Å²) in [4.78, 5) is 3.10. The summed E-state index contributed by atoms with van der Waals surface area (Å²) in [6, 6.07) is 9.59. The molecule has 5 nitrogen and oxygen atoms in total. The molecule has 4 fully saturated rings. The second-order valence-corrected chi connectivity index (χ2v) is 7.73. The lowest BCUT2D eigenvalue weighted by atomic mass is 9.46. The van der Waals surface area contributed by atoms with E-state index in [0.29, 0.717) is 18.3 Å². The summed E-state index contributed by atoms with van der Waals surface area (Å²) < 4.78 is 5.85. The van der Waals surface area contributed by atoms with Crippen LogP contribution in [0.15, 0.2) is 35.4 Å². The highest BCUT2D eigenvalue weighted by Gasteiger charge is 2.63. The van der Waals surface area contributed by atoms with Gasteiger partial charge in [-0.1, -0.05) is 35.4 Å². The lowest BCUT2D eigenvalue weighted by Gasteiger charge is -2.64. The zero-order chi connectivity index (χ0) is 16.1. The number of hydrogen-bond acceptors (Lipinski definition) is 3. The van der Waals surface area contributed by atoms with Crippen molar-refractivity contribution in [1.82, 2.24) is 0 Å². The number of hydrogen-bond donors (Lipinski definition) is 1. The van der Waals surface area contributed by atoms with Crippen LogP contribution in [0.4, 0.5) is 0 Å². The first kappa shape index (κ1) is 15.0. The van der Waals surface area contributed by atoms with E-state index >= 15 is 0 Å². The Hall–Kier alpha value is -1.55. The fraction of sp³-hybridized carbons (Fsp3) is 0.667. The summed E-state index contributed by atoms with van der Waals surface area (Å²) in [7, 11) is 1.77. The van der Waals surface area contributed by atoms with Crippen molar-refractivity contribution in [3.63, 3.8) is 0 Å². The third kappa shape index (κ3) is 2.26. The number of methoxy groups -OCH3 is 1. The summed E-state index contributed by atoms with van der Waals surface area (Å²) >= 11 is 0. The molecule has 4 aliphatic carbocycles. The monoisotopic (exact) mass is 313 g/mol. The van der Waals surface area contributed by atoms with E-state index in [1.54, 1.807) is 7.11 Å². The maximum Gasteiger partial charge on any atom is 0.0715 e. The van der Waals surface area contributed by atoms with Crippen LogP contribution in [0.5, 0.6) is 0 Å². The number of azide groups is 1. The lowest BCUT2D eigenvalue weighted by Crippen LogP contribution is -2.65. The molecule has 4 bridgehead atoms. The quantitative estimate of drug-likeness (QED) is 0.518. The van der Waals surface area contributed by atoms with Gasteiger partial charge in [-0.2, -0.15) is 0 Å². The highest BCUT2D eigenvalue weighted by Crippen LogP contribution is 2.64. The Labute approximate surface area is 136 Å². The van der Waals surface area contributed by atoms with Gasteiger partial charge in [0.1, 0.15) is 0 Å². The van der Waals surface area contributed by atoms with Crippen LogP contribution < -0.4 is 0 Å². The topological polar surface area (TPSA) is 78.2 Å². The van der Waals surface area contributed by atoms with Crippen molar-refractivity contribution in [2.24, 2.45) is 22.9 Å². The van der Waals surface area contributed by atoms with Crippen LogP contribution in [-0.4, -0.2) is 23.4 Å². The predicted molar refractivity (Wildman–Crippen MR) is 86.6 cm³/mol. The number of nitrogens with zero attached hydrogens (tertiary/aromatic N) is 3. The van der Waals surface area contributed by atoms with Gasteiger partial charge < -0.3 is 9.84 Å². The van der Waals surface area contributed by atoms with Gasteiger partial charge in [-0.3, -0.25) is 0 Å². The molecule has 0 spiro atoms. The van der Waals surface area contributed by atoms with E-state index in [4.69, 9.17) is 10.3 Å². The van der Waals surface area contributed by atoms with Crippen molar-refractivity contribution >= 4 is 0 Å². The van der Waals surface area contributed by atoms with Crippen molar-refractivity contribution in [3.05, 3.63) is 46.3 Å². The van der Waals surface area contributed by atoms with Crippen LogP contribution in [-0.2, 0) is 4.74 Å². The third-order valence-electron chi connectivity index (χ3n) is 6.42. The van der Waals surface area contributed by atoms with E-state index in [-0.39, 0.29) is 17.6 Å². The normalized spacial score (nSPS) is 42.3. The second kappa shape index (κ2) is 5.23. The SMILES string of the molecule is CO[C@@]12C[C@@H]3C[C@@H](C1)[C@H]([C@@H](N=[N+]=[N-])c1ccccc1)[C@](O)(C3)C2. The van der Waals surface area contributed by atoms with Crippen LogP contribution in [0.25, 0.3) is 10.4 Å². The molecule has 0 amide bonds. The van der Waals surface area contributed by atoms with Gasteiger partial charge in [-0.05, 0) is 48.6 Å². The average molecular weight is 313 g/mol. The van der Waals surface area contributed by atoms with Crippen LogP contribution in [0.1, 0.15) is 43.7 Å². The van der Waals surface area contributed by atoms with Crippen LogP contribution in [0.2, 0.25) is 0 Å². The molecule has 122 valence electrons. The molecular formula is C18H23N3O2. The fourth-order valence-electron chi connectivity index (χ4n) is 5.92. The number of aliphatic hydroxyl groups is 1. The van der Waals surface area contributed by atoms with Crippen molar-refractivity contribution in [3.8, 4) is 0 Å². The zero-order valence-corrected chi connectivity index (χ0v) is 13.4. The first-order valence-electron chi connectivity index (χ1n) is 8.46. The molecule has 1 aromatic carbocycles. The van der Waals surface area contributed by atoms with E-state index in [0.717, 1.165) is 31.2 Å². The molecule has 5 rings (SSSR count). The van der Waals surface area contributed by atoms with Crippen LogP contribution in [0.3, 0.4) is 0 Å². The molecule has 0 unspecified atom stereocenters. The van der Waals surface area contributed by atoms with Crippen molar-refractivity contribution in [2.45, 2.75) is 49.3 Å². The van der Waals surface area contributed by atoms with Gasteiger partial charge in [0, 0.05) is 24.4 Å². The van der Waals surface area contributed by atoms with E-state index in [2.05, 4.69) is 10.0 Å². The Balaban J connectivity index is 1.75. The van der Waals surface area contributed by atoms with Gasteiger partial charge in [0.15, 0.2) is 0 Å². The predicted octanol–water partition coefficient (Wildman–Crippen LogP) is 3.99. The molecular weight excluding hydrogens is 290 g/mol. The van der Waals surface area contributed by atoms with Crippen LogP contribution in [0, 0.1) is 17.8 Å². The lowest BCUT2D eigenvalue weighted by molar-refractivity contribution is -0.244. The summed E-state index contributed by atoms with van der Waals surface area (Å²) in [6.07, 6.45) is 4.62. The van der Waals surface area contributed by atoms with Crippen LogP contribution >= 0.6 is 0 Å². The zero-order valence-electron chi connectivity index (χ0n) is 13.4. The molecule has 0 heterocycles. The standard InChI is InChI=1S/C18H23N3O2/c1-23-17-8-12-7-14(10-17)15(18(22,9-12)11-17)16(20-21-19)13-5-3-2-4-6-13/h2-6,12,14-16,22H,7-11H2,1H3/t12-,14-,15+,16-,17-,18-/m0/s1. The van der Waals surface area contributed by atoms with E-state index in [1.165, 1.54) is 0 Å². The van der Waals surface area contributed by atoms with E-state index < -0.39 is 5.60 Å². The second-order valence-electron chi connectivity index (χ2n) is 7.73. The summed E-state index contributed by atoms with van der Waals surface area (Å²) in [5.74, 6) is 0.878. The average Bonchev–Trinajstić information content (AvgIpc) is 2.53. The Kier molecular flexibility index (Phi) is 3.41. The first-order valence-corrected chi connectivity index (χ1v) is 8.46. The minimum absolute atomic E-state index is 0.0133.